The highest BCUT2D eigenvalue weighted by Crippen LogP contribution is 2.30. The SMILES string of the molecule is C=CCOc1ccc([C@H](O)[C@@H](O)c2ccc(OCC=C)cc2)cc1. The van der Waals surface area contributed by atoms with Gasteiger partial charge in [-0.2, -0.15) is 0 Å². The second-order valence-electron chi connectivity index (χ2n) is 5.23. The standard InChI is InChI=1S/C20H22O4/c1-3-13-23-17-9-5-15(6-10-17)19(21)20(22)16-7-11-18(12-8-16)24-14-4-2/h3-12,19-22H,1-2,13-14H2/t19-,20-/m0/s1. The normalized spacial score (nSPS) is 12.9. The van der Waals surface area contributed by atoms with E-state index in [0.29, 0.717) is 35.8 Å². The fourth-order valence-corrected chi connectivity index (χ4v) is 2.20. The molecule has 0 saturated carbocycles. The van der Waals surface area contributed by atoms with Crippen molar-refractivity contribution < 1.29 is 19.7 Å². The quantitative estimate of drug-likeness (QED) is 0.692. The van der Waals surface area contributed by atoms with E-state index in [0.717, 1.165) is 0 Å². The van der Waals surface area contributed by atoms with E-state index < -0.39 is 12.2 Å². The molecule has 0 unspecified atom stereocenters. The predicted molar refractivity (Wildman–Crippen MR) is 94.2 cm³/mol. The fraction of sp³-hybridized carbons (Fsp3) is 0.200. The predicted octanol–water partition coefficient (Wildman–Crippen LogP) is 3.58. The number of aliphatic hydroxyl groups excluding tert-OH is 2. The van der Waals surface area contributed by atoms with Crippen LogP contribution >= 0.6 is 0 Å². The maximum atomic E-state index is 10.4. The van der Waals surface area contributed by atoms with Gasteiger partial charge < -0.3 is 19.7 Å². The highest BCUT2D eigenvalue weighted by atomic mass is 16.5. The van der Waals surface area contributed by atoms with Crippen LogP contribution in [0.2, 0.25) is 0 Å². The van der Waals surface area contributed by atoms with Crippen molar-refractivity contribution in [3.63, 3.8) is 0 Å². The highest BCUT2D eigenvalue weighted by molar-refractivity contribution is 5.33. The number of rotatable bonds is 9. The summed E-state index contributed by atoms with van der Waals surface area (Å²) in [5, 5.41) is 20.7. The summed E-state index contributed by atoms with van der Waals surface area (Å²) in [4.78, 5) is 0. The number of ether oxygens (including phenoxy) is 2. The number of hydrogen-bond donors (Lipinski definition) is 2. The Morgan fingerprint density at radius 3 is 1.33 bits per heavy atom. The van der Waals surface area contributed by atoms with Gasteiger partial charge in [0.05, 0.1) is 0 Å². The van der Waals surface area contributed by atoms with Crippen LogP contribution in [0.5, 0.6) is 11.5 Å². The fourth-order valence-electron chi connectivity index (χ4n) is 2.20. The van der Waals surface area contributed by atoms with E-state index in [2.05, 4.69) is 13.2 Å². The van der Waals surface area contributed by atoms with Crippen molar-refractivity contribution in [3.8, 4) is 11.5 Å². The Labute approximate surface area is 142 Å². The van der Waals surface area contributed by atoms with Gasteiger partial charge in [-0.3, -0.25) is 0 Å². The van der Waals surface area contributed by atoms with Gasteiger partial charge in [0, 0.05) is 0 Å². The van der Waals surface area contributed by atoms with Crippen LogP contribution in [0.3, 0.4) is 0 Å². The molecule has 4 heteroatoms. The first-order chi connectivity index (χ1) is 11.7. The van der Waals surface area contributed by atoms with Gasteiger partial charge in [0.1, 0.15) is 36.9 Å². The van der Waals surface area contributed by atoms with E-state index in [1.165, 1.54) is 0 Å². The first-order valence-corrected chi connectivity index (χ1v) is 7.69. The van der Waals surface area contributed by atoms with E-state index in [-0.39, 0.29) is 0 Å². The smallest absolute Gasteiger partial charge is 0.119 e. The largest absolute Gasteiger partial charge is 0.490 e. The molecular weight excluding hydrogens is 304 g/mol. The van der Waals surface area contributed by atoms with Crippen molar-refractivity contribution in [2.24, 2.45) is 0 Å². The zero-order valence-electron chi connectivity index (χ0n) is 13.5. The van der Waals surface area contributed by atoms with Crippen LogP contribution in [0.25, 0.3) is 0 Å². The first-order valence-electron chi connectivity index (χ1n) is 7.69. The average Bonchev–Trinajstić information content (AvgIpc) is 2.64. The van der Waals surface area contributed by atoms with Gasteiger partial charge in [0.25, 0.3) is 0 Å². The number of hydrogen-bond acceptors (Lipinski definition) is 4. The van der Waals surface area contributed by atoms with Crippen LogP contribution in [0, 0.1) is 0 Å². The van der Waals surface area contributed by atoms with E-state index in [4.69, 9.17) is 9.47 Å². The third kappa shape index (κ3) is 4.72. The molecule has 2 N–H and O–H groups in total. The Balaban J connectivity index is 2.03. The first kappa shape index (κ1) is 17.8. The Morgan fingerprint density at radius 2 is 1.04 bits per heavy atom. The van der Waals surface area contributed by atoms with Gasteiger partial charge >= 0.3 is 0 Å². The number of aliphatic hydroxyl groups is 2. The maximum Gasteiger partial charge on any atom is 0.119 e. The van der Waals surface area contributed by atoms with Crippen molar-refractivity contribution in [2.75, 3.05) is 13.2 Å². The van der Waals surface area contributed by atoms with Crippen molar-refractivity contribution in [3.05, 3.63) is 85.0 Å². The second-order valence-corrected chi connectivity index (χ2v) is 5.23. The zero-order chi connectivity index (χ0) is 17.4. The Morgan fingerprint density at radius 1 is 0.708 bits per heavy atom. The zero-order valence-corrected chi connectivity index (χ0v) is 13.5. The number of benzene rings is 2. The summed E-state index contributed by atoms with van der Waals surface area (Å²) in [5.41, 5.74) is 1.22. The van der Waals surface area contributed by atoms with Crippen LogP contribution in [-0.2, 0) is 0 Å². The minimum atomic E-state index is -1.03. The summed E-state index contributed by atoms with van der Waals surface area (Å²) in [6, 6.07) is 13.9. The lowest BCUT2D eigenvalue weighted by atomic mass is 9.98. The molecule has 0 radical (unpaired) electrons. The third-order valence-corrected chi connectivity index (χ3v) is 3.48. The van der Waals surface area contributed by atoms with E-state index in [9.17, 15) is 10.2 Å². The molecule has 0 aliphatic rings. The topological polar surface area (TPSA) is 58.9 Å². The molecule has 4 nitrogen and oxygen atoms in total. The average molecular weight is 326 g/mol. The van der Waals surface area contributed by atoms with E-state index >= 15 is 0 Å². The van der Waals surface area contributed by atoms with E-state index in [1.807, 2.05) is 0 Å². The second kappa shape index (κ2) is 8.91. The molecular formula is C20H22O4. The van der Waals surface area contributed by atoms with Crippen molar-refractivity contribution >= 4 is 0 Å². The van der Waals surface area contributed by atoms with Gasteiger partial charge in [-0.15, -0.1) is 0 Å². The molecule has 0 aliphatic heterocycles. The molecule has 0 aliphatic carbocycles. The molecule has 2 aromatic rings. The molecule has 0 heterocycles. The van der Waals surface area contributed by atoms with Crippen LogP contribution in [0.15, 0.2) is 73.8 Å². The molecule has 0 spiro atoms. The summed E-state index contributed by atoms with van der Waals surface area (Å²) >= 11 is 0. The molecule has 24 heavy (non-hydrogen) atoms. The Bertz CT molecular complexity index is 587. The van der Waals surface area contributed by atoms with Crippen LogP contribution in [0.1, 0.15) is 23.3 Å². The highest BCUT2D eigenvalue weighted by Gasteiger charge is 2.20. The monoisotopic (exact) mass is 326 g/mol. The van der Waals surface area contributed by atoms with Gasteiger partial charge in [-0.25, -0.2) is 0 Å². The van der Waals surface area contributed by atoms with Crippen LogP contribution < -0.4 is 9.47 Å². The summed E-state index contributed by atoms with van der Waals surface area (Å²) in [6.07, 6.45) is 1.26. The molecule has 0 fully saturated rings. The van der Waals surface area contributed by atoms with Gasteiger partial charge in [0.15, 0.2) is 0 Å². The Hall–Kier alpha value is -2.56. The lowest BCUT2D eigenvalue weighted by Crippen LogP contribution is -2.10. The third-order valence-electron chi connectivity index (χ3n) is 3.48. The molecule has 2 atom stereocenters. The maximum absolute atomic E-state index is 10.4. The van der Waals surface area contributed by atoms with Crippen molar-refractivity contribution in [1.29, 1.82) is 0 Å². The van der Waals surface area contributed by atoms with Crippen LogP contribution in [-0.4, -0.2) is 23.4 Å². The van der Waals surface area contributed by atoms with Crippen molar-refractivity contribution in [2.45, 2.75) is 12.2 Å². The molecule has 126 valence electrons. The summed E-state index contributed by atoms with van der Waals surface area (Å²) < 4.78 is 10.8. The molecule has 2 rings (SSSR count). The van der Waals surface area contributed by atoms with E-state index in [1.54, 1.807) is 60.7 Å². The molecule has 2 aromatic carbocycles. The Kier molecular flexibility index (Phi) is 6.61. The molecule has 0 bridgehead atoms. The molecule has 0 aromatic heterocycles. The van der Waals surface area contributed by atoms with Crippen molar-refractivity contribution in [1.82, 2.24) is 0 Å². The summed E-state index contributed by atoms with van der Waals surface area (Å²) in [6.45, 7) is 8.02. The lowest BCUT2D eigenvalue weighted by molar-refractivity contribution is 0.0172. The van der Waals surface area contributed by atoms with Gasteiger partial charge in [-0.05, 0) is 35.4 Å². The molecule has 0 amide bonds. The summed E-state index contributed by atoms with van der Waals surface area (Å²) in [7, 11) is 0. The minimum absolute atomic E-state index is 0.421. The van der Waals surface area contributed by atoms with Gasteiger partial charge in [-0.1, -0.05) is 49.6 Å². The minimum Gasteiger partial charge on any atom is -0.490 e. The molecule has 0 saturated heterocycles. The van der Waals surface area contributed by atoms with Crippen LogP contribution in [0.4, 0.5) is 0 Å². The lowest BCUT2D eigenvalue weighted by Gasteiger charge is -2.19. The summed E-state index contributed by atoms with van der Waals surface area (Å²) in [5.74, 6) is 1.37. The van der Waals surface area contributed by atoms with Gasteiger partial charge in [0.2, 0.25) is 0 Å².